The molecule has 1 aliphatic heterocycles. The molecule has 0 bridgehead atoms. The molecule has 0 spiro atoms. The van der Waals surface area contributed by atoms with Crippen LogP contribution in [0.2, 0.25) is 0 Å². The van der Waals surface area contributed by atoms with Crippen LogP contribution >= 0.6 is 11.8 Å². The summed E-state index contributed by atoms with van der Waals surface area (Å²) in [5, 5.41) is 11.6. The second-order valence-electron chi connectivity index (χ2n) is 5.67. The molecule has 1 saturated heterocycles. The molecule has 136 valence electrons. The standard InChI is InChI=1S/C13H16F3N7OS/c1-22(2)10-6-9(13(14,15)16)17-11(18-10)25-12-19-20-21-23(12)7-8-4-3-5-24-8/h6,8H,3-5,7H2,1-2H3. The van der Waals surface area contributed by atoms with Gasteiger partial charge in [0.25, 0.3) is 0 Å². The van der Waals surface area contributed by atoms with E-state index in [1.165, 1.54) is 9.58 Å². The van der Waals surface area contributed by atoms with Crippen molar-refractivity contribution in [1.82, 2.24) is 30.2 Å². The van der Waals surface area contributed by atoms with Gasteiger partial charge < -0.3 is 9.64 Å². The first-order valence-electron chi connectivity index (χ1n) is 7.52. The first-order valence-corrected chi connectivity index (χ1v) is 8.34. The topological polar surface area (TPSA) is 81.9 Å². The number of aromatic nitrogens is 6. The Morgan fingerprint density at radius 1 is 1.36 bits per heavy atom. The molecule has 1 aliphatic rings. The first kappa shape index (κ1) is 17.9. The Balaban J connectivity index is 1.85. The Morgan fingerprint density at radius 3 is 2.80 bits per heavy atom. The number of anilines is 1. The molecule has 25 heavy (non-hydrogen) atoms. The summed E-state index contributed by atoms with van der Waals surface area (Å²) in [6.07, 6.45) is -2.69. The van der Waals surface area contributed by atoms with Crippen LogP contribution in [0.3, 0.4) is 0 Å². The van der Waals surface area contributed by atoms with Gasteiger partial charge >= 0.3 is 6.18 Å². The summed E-state index contributed by atoms with van der Waals surface area (Å²) in [5.41, 5.74) is -1.01. The molecule has 1 fully saturated rings. The molecular weight excluding hydrogens is 359 g/mol. The quantitative estimate of drug-likeness (QED) is 0.733. The van der Waals surface area contributed by atoms with Crippen LogP contribution in [0.15, 0.2) is 16.4 Å². The average molecular weight is 375 g/mol. The van der Waals surface area contributed by atoms with Gasteiger partial charge in [-0.25, -0.2) is 14.6 Å². The fourth-order valence-electron chi connectivity index (χ4n) is 2.28. The minimum Gasteiger partial charge on any atom is -0.376 e. The van der Waals surface area contributed by atoms with Gasteiger partial charge in [0.1, 0.15) is 5.82 Å². The number of halogens is 3. The highest BCUT2D eigenvalue weighted by molar-refractivity contribution is 7.99. The van der Waals surface area contributed by atoms with E-state index >= 15 is 0 Å². The smallest absolute Gasteiger partial charge is 0.376 e. The molecule has 0 amide bonds. The van der Waals surface area contributed by atoms with Crippen LogP contribution in [0.4, 0.5) is 19.0 Å². The number of hydrogen-bond donors (Lipinski definition) is 0. The summed E-state index contributed by atoms with van der Waals surface area (Å²) >= 11 is 0.889. The van der Waals surface area contributed by atoms with Gasteiger partial charge in [-0.05, 0) is 35.0 Å². The van der Waals surface area contributed by atoms with Gasteiger partial charge in [-0.15, -0.1) is 5.10 Å². The Bertz CT molecular complexity index is 731. The van der Waals surface area contributed by atoms with Crippen molar-refractivity contribution in [1.29, 1.82) is 0 Å². The van der Waals surface area contributed by atoms with E-state index in [9.17, 15) is 13.2 Å². The van der Waals surface area contributed by atoms with E-state index < -0.39 is 11.9 Å². The van der Waals surface area contributed by atoms with Crippen LogP contribution in [0, 0.1) is 0 Å². The van der Waals surface area contributed by atoms with Crippen LogP contribution < -0.4 is 4.90 Å². The predicted octanol–water partition coefficient (Wildman–Crippen LogP) is 1.88. The predicted molar refractivity (Wildman–Crippen MR) is 82.3 cm³/mol. The van der Waals surface area contributed by atoms with E-state index in [-0.39, 0.29) is 17.1 Å². The van der Waals surface area contributed by atoms with Crippen molar-refractivity contribution in [3.8, 4) is 0 Å². The molecule has 3 rings (SSSR count). The molecule has 3 heterocycles. The third kappa shape index (κ3) is 4.37. The minimum absolute atomic E-state index is 0.00242. The second-order valence-corrected chi connectivity index (χ2v) is 6.60. The van der Waals surface area contributed by atoms with Crippen molar-refractivity contribution in [2.24, 2.45) is 0 Å². The van der Waals surface area contributed by atoms with Gasteiger partial charge in [-0.2, -0.15) is 13.2 Å². The van der Waals surface area contributed by atoms with Gasteiger partial charge in [0.05, 0.1) is 12.6 Å². The van der Waals surface area contributed by atoms with E-state index in [0.29, 0.717) is 18.3 Å². The molecule has 0 saturated carbocycles. The molecular formula is C13H16F3N7OS. The Morgan fingerprint density at radius 2 is 2.16 bits per heavy atom. The molecule has 1 unspecified atom stereocenters. The van der Waals surface area contributed by atoms with Gasteiger partial charge in [-0.3, -0.25) is 0 Å². The molecule has 12 heteroatoms. The number of nitrogens with zero attached hydrogens (tertiary/aromatic N) is 7. The summed E-state index contributed by atoms with van der Waals surface area (Å²) in [6.45, 7) is 1.13. The van der Waals surface area contributed by atoms with Crippen LogP contribution in [0.1, 0.15) is 18.5 Å². The van der Waals surface area contributed by atoms with Gasteiger partial charge in [-0.1, -0.05) is 0 Å². The lowest BCUT2D eigenvalue weighted by Crippen LogP contribution is -2.17. The molecule has 0 aromatic carbocycles. The molecule has 8 nitrogen and oxygen atoms in total. The van der Waals surface area contributed by atoms with Crippen LogP contribution in [-0.2, 0) is 17.5 Å². The van der Waals surface area contributed by atoms with Crippen molar-refractivity contribution >= 4 is 17.6 Å². The molecule has 0 aliphatic carbocycles. The molecule has 1 atom stereocenters. The zero-order valence-electron chi connectivity index (χ0n) is 13.6. The highest BCUT2D eigenvalue weighted by Crippen LogP contribution is 2.32. The SMILES string of the molecule is CN(C)c1cc(C(F)(F)F)nc(Sc2nnnn2CC2CCCO2)n1. The lowest BCUT2D eigenvalue weighted by Gasteiger charge is -2.15. The van der Waals surface area contributed by atoms with E-state index in [2.05, 4.69) is 25.5 Å². The molecule has 2 aromatic rings. The van der Waals surface area contributed by atoms with Gasteiger partial charge in [0, 0.05) is 26.8 Å². The van der Waals surface area contributed by atoms with Gasteiger partial charge in [0.2, 0.25) is 5.16 Å². The number of rotatable bonds is 5. The van der Waals surface area contributed by atoms with Crippen molar-refractivity contribution < 1.29 is 17.9 Å². The maximum Gasteiger partial charge on any atom is 0.433 e. The number of ether oxygens (including phenoxy) is 1. The summed E-state index contributed by atoms with van der Waals surface area (Å²) in [7, 11) is 3.22. The highest BCUT2D eigenvalue weighted by Gasteiger charge is 2.34. The maximum atomic E-state index is 13.1. The number of hydrogen-bond acceptors (Lipinski definition) is 8. The fourth-order valence-corrected chi connectivity index (χ4v) is 3.02. The summed E-state index contributed by atoms with van der Waals surface area (Å²) in [6, 6.07) is 0.902. The Labute approximate surface area is 145 Å². The molecule has 2 aromatic heterocycles. The van der Waals surface area contributed by atoms with Crippen LogP contribution in [0.25, 0.3) is 0 Å². The largest absolute Gasteiger partial charge is 0.433 e. The van der Waals surface area contributed by atoms with Crippen LogP contribution in [-0.4, -0.2) is 57.0 Å². The van der Waals surface area contributed by atoms with Crippen molar-refractivity contribution in [2.75, 3.05) is 25.6 Å². The maximum absolute atomic E-state index is 13.1. The monoisotopic (exact) mass is 375 g/mol. The van der Waals surface area contributed by atoms with E-state index in [1.54, 1.807) is 14.1 Å². The number of alkyl halides is 3. The van der Waals surface area contributed by atoms with E-state index in [0.717, 1.165) is 30.7 Å². The van der Waals surface area contributed by atoms with Crippen molar-refractivity contribution in [2.45, 2.75) is 42.0 Å². The third-order valence-corrected chi connectivity index (χ3v) is 4.36. The zero-order valence-corrected chi connectivity index (χ0v) is 14.4. The third-order valence-electron chi connectivity index (χ3n) is 3.52. The summed E-state index contributed by atoms with van der Waals surface area (Å²) in [4.78, 5) is 9.21. The average Bonchev–Trinajstić information content (AvgIpc) is 3.19. The Kier molecular flexibility index (Phi) is 5.08. The zero-order chi connectivity index (χ0) is 18.0. The second kappa shape index (κ2) is 7.12. The van der Waals surface area contributed by atoms with E-state index in [4.69, 9.17) is 4.74 Å². The first-order chi connectivity index (χ1) is 11.8. The number of tetrazole rings is 1. The minimum atomic E-state index is -4.56. The van der Waals surface area contributed by atoms with Gasteiger partial charge in [0.15, 0.2) is 10.9 Å². The summed E-state index contributed by atoms with van der Waals surface area (Å²) in [5.74, 6) is 0.156. The van der Waals surface area contributed by atoms with E-state index in [1.807, 2.05) is 0 Å². The lowest BCUT2D eigenvalue weighted by molar-refractivity contribution is -0.141. The van der Waals surface area contributed by atoms with Crippen molar-refractivity contribution in [3.05, 3.63) is 11.8 Å². The molecule has 0 N–H and O–H groups in total. The Hall–Kier alpha value is -1.95. The molecule has 0 radical (unpaired) electrons. The fraction of sp³-hybridized carbons (Fsp3) is 0.615. The van der Waals surface area contributed by atoms with Crippen LogP contribution in [0.5, 0.6) is 0 Å². The normalized spacial score (nSPS) is 17.9. The summed E-state index contributed by atoms with van der Waals surface area (Å²) < 4.78 is 46.2. The highest BCUT2D eigenvalue weighted by atomic mass is 32.2. The van der Waals surface area contributed by atoms with Crippen molar-refractivity contribution in [3.63, 3.8) is 0 Å². The lowest BCUT2D eigenvalue weighted by atomic mass is 10.2.